The minimum absolute atomic E-state index is 0.0366. The van der Waals surface area contributed by atoms with E-state index in [9.17, 15) is 0 Å². The second kappa shape index (κ2) is 70.4. The Morgan fingerprint density at radius 3 is 0.417 bits per heavy atom. The quantitative estimate of drug-likeness (QED) is 0.0193. The summed E-state index contributed by atoms with van der Waals surface area (Å²) in [5.74, 6) is 1.83. The predicted octanol–water partition coefficient (Wildman–Crippen LogP) is 29.8. The minimum Gasteiger partial charge on any atom is -0.491 e. The molecule has 0 amide bonds. The number of hydrogen-bond donors (Lipinski definition) is 6. The van der Waals surface area contributed by atoms with E-state index < -0.39 is 33.4 Å². The molecule has 12 bridgehead atoms. The number of aromatic nitrogens is 9. The molecule has 21 nitrogen and oxygen atoms in total. The summed E-state index contributed by atoms with van der Waals surface area (Å²) in [5, 5.41) is 0.219. The first-order valence-electron chi connectivity index (χ1n) is 52.9. The Labute approximate surface area is 789 Å². The molecule has 0 spiro atoms. The van der Waals surface area contributed by atoms with Crippen LogP contribution in [0.3, 0.4) is 0 Å². The van der Waals surface area contributed by atoms with Gasteiger partial charge >= 0.3 is 0 Å². The van der Waals surface area contributed by atoms with Gasteiger partial charge in [0.05, 0.1) is 105 Å². The van der Waals surface area contributed by atoms with Gasteiger partial charge in [-0.15, -0.1) is 0 Å². The van der Waals surface area contributed by atoms with Gasteiger partial charge in [0.25, 0.3) is 33.4 Å². The first kappa shape index (κ1) is 110. The summed E-state index contributed by atoms with van der Waals surface area (Å²) in [6.45, 7) is 15.4. The van der Waals surface area contributed by atoms with Crippen LogP contribution in [0.15, 0.2) is 121 Å². The monoisotopic (exact) mass is 1820 g/mol. The summed E-state index contributed by atoms with van der Waals surface area (Å²) in [6, 6.07) is 14.3. The van der Waals surface area contributed by atoms with Gasteiger partial charge in [-0.25, -0.2) is 0 Å². The molecule has 0 fully saturated rings. The third-order valence-corrected chi connectivity index (χ3v) is 25.1. The first-order valence-corrected chi connectivity index (χ1v) is 52.9. The highest BCUT2D eigenvalue weighted by Crippen LogP contribution is 2.33. The molecule has 7 aromatic rings. The summed E-state index contributed by atoms with van der Waals surface area (Å²) in [5.41, 5.74) is -2.50. The number of rotatable bonds is 72. The Balaban J connectivity index is 1.49. The molecule has 0 saturated heterocycles. The number of benzene rings is 3. The summed E-state index contributed by atoms with van der Waals surface area (Å²) < 4.78 is 40.1. The summed E-state index contributed by atoms with van der Waals surface area (Å²) >= 11 is 0. The zero-order chi connectivity index (χ0) is 93.7. The van der Waals surface area contributed by atoms with Crippen LogP contribution in [0.4, 0.5) is 0 Å². The molecule has 0 aliphatic rings. The normalized spacial score (nSPS) is 11.3. The number of hydrogen-bond acceptors (Lipinski definition) is 15. The van der Waals surface area contributed by atoms with Crippen molar-refractivity contribution in [3.63, 3.8) is 0 Å². The van der Waals surface area contributed by atoms with Crippen molar-refractivity contribution in [3.8, 4) is 34.5 Å². The van der Waals surface area contributed by atoms with Crippen LogP contribution in [-0.4, -0.2) is 84.5 Å². The van der Waals surface area contributed by atoms with Crippen LogP contribution in [0.5, 0.6) is 34.5 Å². The first-order chi connectivity index (χ1) is 64.9. The number of fused-ring (bicyclic) bond motifs is 12. The molecule has 0 saturated carbocycles. The van der Waals surface area contributed by atoms with Crippen molar-refractivity contribution in [2.24, 2.45) is 0 Å². The second-order valence-electron chi connectivity index (χ2n) is 36.8. The predicted molar refractivity (Wildman–Crippen MR) is 552 cm³/mol. The molecule has 6 N–H and O–H groups in total. The lowest BCUT2D eigenvalue weighted by Gasteiger charge is -2.13. The van der Waals surface area contributed by atoms with Crippen LogP contribution >= 0.6 is 0 Å². The summed E-state index contributed by atoms with van der Waals surface area (Å²) in [4.78, 5) is 123. The third-order valence-electron chi connectivity index (χ3n) is 25.1. The highest BCUT2D eigenvalue weighted by Gasteiger charge is 2.15. The van der Waals surface area contributed by atoms with Gasteiger partial charge in [0.1, 0.15) is 34.5 Å². The molecule has 0 unspecified atom stereocenters. The maximum Gasteiger partial charge on any atom is 0.257 e. The smallest absolute Gasteiger partial charge is 0.257 e. The van der Waals surface area contributed by atoms with Gasteiger partial charge in [-0.3, -0.25) is 43.7 Å². The highest BCUT2D eigenvalue weighted by molar-refractivity contribution is 5.78. The topological polar surface area (TPSA) is 291 Å². The minimum atomic E-state index is -0.628. The lowest BCUT2D eigenvalue weighted by Crippen LogP contribution is -2.10. The Hall–Kier alpha value is -9.27. The lowest BCUT2D eigenvalue weighted by molar-refractivity contribution is 0.292. The van der Waals surface area contributed by atoms with Gasteiger partial charge in [0.2, 0.25) is 0 Å². The van der Waals surface area contributed by atoms with Gasteiger partial charge in [-0.2, -0.15) is 0 Å². The molecular formula is C111H171N9O12. The van der Waals surface area contributed by atoms with Gasteiger partial charge in [-0.1, -0.05) is 388 Å². The van der Waals surface area contributed by atoms with Crippen molar-refractivity contribution >= 4 is 65.4 Å². The summed E-state index contributed by atoms with van der Waals surface area (Å²) in [7, 11) is 0. The fourth-order valence-electron chi connectivity index (χ4n) is 16.8. The molecule has 3 aromatic carbocycles. The molecule has 0 radical (unpaired) electrons. The Kier molecular flexibility index (Phi) is 58.5. The number of H-pyrrole nitrogens is 6. The molecule has 0 aliphatic heterocycles. The molecule has 4 aromatic heterocycles. The molecule has 0 aliphatic carbocycles. The maximum absolute atomic E-state index is 15.1. The average molecular weight is 1820 g/mol. The van der Waals surface area contributed by atoms with E-state index in [1.165, 1.54) is 287 Å². The van der Waals surface area contributed by atoms with Crippen molar-refractivity contribution in [1.29, 1.82) is 0 Å². The standard InChI is InChI=1S/C111H171N9O12/c1-7-13-19-25-31-37-43-49-55-61-67-127-100-79-101(128-68-62-56-50-44-38-32-26-20-14-8-2)95-76-94(100)115-106(121)88-73-89(83-112-82-88)108(123)117-96-77-97(103(130-70-64-58-52-46-40-34-28-22-16-10-4)80-102(96)129-69-63-57-51-45-39-33-27-21-15-9-3)119-110(125)92-75-93(87-114-86-92)111(126)120-99-78-98(118-109(124)91-74-90(84-113-85-91)107(122)116-95)104(131-71-65-59-53-47-41-35-29-23-17-11-5)81-105(99)132-72-66-60-54-48-42-36-30-24-18-12-6/h73-87H,7-72H2,1-6H3,(H,115,121)(H,116,122)(H,117,123)(H,118,124)(H,119,125)(H,120,126). The second-order valence-corrected chi connectivity index (χ2v) is 36.8. The molecule has 4 heterocycles. The van der Waals surface area contributed by atoms with Gasteiger partial charge in [0, 0.05) is 55.4 Å². The van der Waals surface area contributed by atoms with E-state index in [0.29, 0.717) is 74.1 Å². The number of ether oxygens (including phenoxy) is 6. The van der Waals surface area contributed by atoms with E-state index in [2.05, 4.69) is 86.4 Å². The zero-order valence-electron chi connectivity index (χ0n) is 82.6. The lowest BCUT2D eigenvalue weighted by atomic mass is 10.1. The fourth-order valence-corrected chi connectivity index (χ4v) is 16.8. The van der Waals surface area contributed by atoms with Crippen molar-refractivity contribution in [2.45, 2.75) is 427 Å². The Morgan fingerprint density at radius 2 is 0.288 bits per heavy atom. The van der Waals surface area contributed by atoms with Crippen LogP contribution in [0.1, 0.15) is 427 Å². The number of aromatic amines is 6. The van der Waals surface area contributed by atoms with E-state index >= 15 is 28.8 Å². The van der Waals surface area contributed by atoms with E-state index in [1.807, 2.05) is 0 Å². The van der Waals surface area contributed by atoms with Crippen molar-refractivity contribution in [1.82, 2.24) is 44.9 Å². The molecular weight excluding hydrogens is 1650 g/mol. The Bertz CT molecular complexity index is 4300. The van der Waals surface area contributed by atoms with Gasteiger partial charge in [-0.05, 0) is 74.9 Å². The Morgan fingerprint density at radius 1 is 0.167 bits per heavy atom. The van der Waals surface area contributed by atoms with Crippen LogP contribution in [0.25, 0.3) is 65.4 Å². The molecule has 132 heavy (non-hydrogen) atoms. The van der Waals surface area contributed by atoms with E-state index in [4.69, 9.17) is 28.4 Å². The maximum atomic E-state index is 15.1. The van der Waals surface area contributed by atoms with Gasteiger partial charge < -0.3 is 58.3 Å². The number of nitrogens with zero attached hydrogens (tertiary/aromatic N) is 3. The number of nitrogens with one attached hydrogen (secondary N) is 6. The van der Waals surface area contributed by atoms with Crippen LogP contribution < -0.4 is 61.8 Å². The SMILES string of the molecule is CCCCCCCCCCCCOc1cc(OCCCCCCCCCCCC)c2cc1[nH]c(=O)c1cncc(c1)c(=O)[nH]c1cc([nH]c(=O)c3cncc(c3)c(=O)[nH]c3cc([nH]c(=O)c4cncc(c4)c(=O)[nH]2)c(OCCCCCCCCCCCC)cc3OCCCCCCCCCCCC)c(OCCCCCCCCCCCC)cc1OCCCCCCCCCCCC. The van der Waals surface area contributed by atoms with E-state index in [-0.39, 0.29) is 65.4 Å². The summed E-state index contributed by atoms with van der Waals surface area (Å²) in [6.07, 6.45) is 76.1. The van der Waals surface area contributed by atoms with Crippen molar-refractivity contribution in [3.05, 3.63) is 154 Å². The van der Waals surface area contributed by atoms with E-state index in [1.54, 1.807) is 36.4 Å². The average Bonchev–Trinajstić information content (AvgIpc) is 0.809. The largest absolute Gasteiger partial charge is 0.491 e. The van der Waals surface area contributed by atoms with Crippen molar-refractivity contribution in [2.75, 3.05) is 39.6 Å². The molecule has 732 valence electrons. The third kappa shape index (κ3) is 45.6. The van der Waals surface area contributed by atoms with Crippen molar-refractivity contribution < 1.29 is 28.4 Å². The number of pyridine rings is 3. The van der Waals surface area contributed by atoms with Crippen LogP contribution in [0.2, 0.25) is 0 Å². The zero-order valence-corrected chi connectivity index (χ0v) is 82.6. The fraction of sp³-hybridized carbons (Fsp3) is 0.649. The molecule has 21 heteroatoms. The van der Waals surface area contributed by atoms with E-state index in [0.717, 1.165) is 154 Å². The van der Waals surface area contributed by atoms with Crippen LogP contribution in [0, 0.1) is 0 Å². The molecule has 0 atom stereocenters. The van der Waals surface area contributed by atoms with Gasteiger partial charge in [0.15, 0.2) is 0 Å². The van der Waals surface area contributed by atoms with Crippen LogP contribution in [-0.2, 0) is 0 Å². The molecule has 7 rings (SSSR count). The number of unbranched alkanes of at least 4 members (excludes halogenated alkanes) is 54. The highest BCUT2D eigenvalue weighted by atomic mass is 16.5.